The predicted octanol–water partition coefficient (Wildman–Crippen LogP) is 16.5. The van der Waals surface area contributed by atoms with Crippen LogP contribution in [-0.2, 0) is 25.7 Å². The van der Waals surface area contributed by atoms with Crippen molar-refractivity contribution >= 4 is 11.4 Å². The molecule has 0 radical (unpaired) electrons. The van der Waals surface area contributed by atoms with E-state index in [1.54, 1.807) is 4.70 Å². The summed E-state index contributed by atoms with van der Waals surface area (Å²) in [6.07, 6.45) is 34.4. The summed E-state index contributed by atoms with van der Waals surface area (Å²) in [6.45, 7) is 13.8. The van der Waals surface area contributed by atoms with Crippen molar-refractivity contribution < 1.29 is 4.70 Å². The average Bonchev–Trinajstić information content (AvgIpc) is 3.43. The third-order valence-corrected chi connectivity index (χ3v) is 11.3. The Labute approximate surface area is 322 Å². The molecule has 2 nitrogen and oxygen atoms in total. The second kappa shape index (κ2) is 26.3. The van der Waals surface area contributed by atoms with E-state index in [0.29, 0.717) is 0 Å². The molecule has 0 atom stereocenters. The van der Waals surface area contributed by atoms with Crippen LogP contribution in [0.3, 0.4) is 0 Å². The number of benzene rings is 2. The Bertz CT molecular complexity index is 1370. The molecular weight excluding hydrogens is 629 g/mol. The number of aryl methyl sites for hydroxylation is 4. The standard InChI is InChI=1S/C50H80N2/c1-7-13-19-23-24-28-34-48-47(33-27-22-16-10-4)49(45-37-41(29-17-11-5)35-43(39-45)31-25-20-14-8-2)52(51)50(48)46-38-42(30-18-12-6)36-44(40-46)32-26-21-15-9-3/h35-40H,7-34H2,1-6H3. The highest BCUT2D eigenvalue weighted by atomic mass is 15.2. The maximum atomic E-state index is 12.7. The molecule has 0 aromatic heterocycles. The summed E-state index contributed by atoms with van der Waals surface area (Å²) >= 11 is 0. The summed E-state index contributed by atoms with van der Waals surface area (Å²) in [6, 6.07) is 14.8. The van der Waals surface area contributed by atoms with Crippen LogP contribution in [-0.4, -0.2) is 4.70 Å². The van der Waals surface area contributed by atoms with Crippen molar-refractivity contribution in [3.63, 3.8) is 0 Å². The summed E-state index contributed by atoms with van der Waals surface area (Å²) in [4.78, 5) is 0. The first-order valence-corrected chi connectivity index (χ1v) is 22.7. The Balaban J connectivity index is 2.18. The number of rotatable bonds is 30. The van der Waals surface area contributed by atoms with E-state index in [-0.39, 0.29) is 0 Å². The minimum Gasteiger partial charge on any atom is -0.493 e. The predicted molar refractivity (Wildman–Crippen MR) is 230 cm³/mol. The normalized spacial score (nSPS) is 13.3. The van der Waals surface area contributed by atoms with Crippen LogP contribution in [0.5, 0.6) is 0 Å². The van der Waals surface area contributed by atoms with Gasteiger partial charge in [-0.25, -0.2) is 4.70 Å². The minimum atomic E-state index is 1.05. The lowest BCUT2D eigenvalue weighted by atomic mass is 9.89. The van der Waals surface area contributed by atoms with Gasteiger partial charge < -0.3 is 5.53 Å². The van der Waals surface area contributed by atoms with Crippen molar-refractivity contribution in [1.82, 2.24) is 0 Å². The van der Waals surface area contributed by atoms with Crippen molar-refractivity contribution in [3.8, 4) is 0 Å². The van der Waals surface area contributed by atoms with E-state index in [4.69, 9.17) is 0 Å². The monoisotopic (exact) mass is 709 g/mol. The molecule has 1 heterocycles. The van der Waals surface area contributed by atoms with Gasteiger partial charge in [0.1, 0.15) is 0 Å². The zero-order valence-corrected chi connectivity index (χ0v) is 35.2. The fourth-order valence-corrected chi connectivity index (χ4v) is 8.25. The molecule has 0 fully saturated rings. The quantitative estimate of drug-likeness (QED) is 0.0570. The lowest BCUT2D eigenvalue weighted by Gasteiger charge is -2.15. The van der Waals surface area contributed by atoms with E-state index in [2.05, 4.69) is 77.9 Å². The second-order valence-electron chi connectivity index (χ2n) is 16.2. The largest absolute Gasteiger partial charge is 0.493 e. The SMILES string of the molecule is CCCCCCCCC1=C(c2cc(CCCC)cc(CCCCCC)c2)[N+](=[N-])C(c2cc(CCCC)cc(CCCCCC)c2)=C1CCCCCC. The van der Waals surface area contributed by atoms with Gasteiger partial charge in [-0.1, -0.05) is 156 Å². The summed E-state index contributed by atoms with van der Waals surface area (Å²) in [5, 5.41) is 0. The van der Waals surface area contributed by atoms with Crippen LogP contribution in [0.4, 0.5) is 0 Å². The van der Waals surface area contributed by atoms with Gasteiger partial charge in [-0.05, 0) is 124 Å². The van der Waals surface area contributed by atoms with E-state index in [1.807, 2.05) is 0 Å². The molecule has 0 saturated heterocycles. The van der Waals surface area contributed by atoms with Crippen LogP contribution in [0.2, 0.25) is 0 Å². The fourth-order valence-electron chi connectivity index (χ4n) is 8.25. The fraction of sp³-hybridized carbons (Fsp3) is 0.680. The zero-order chi connectivity index (χ0) is 37.4. The number of nitrogens with zero attached hydrogens (tertiary/aromatic N) is 2. The number of hydrogen-bond donors (Lipinski definition) is 0. The van der Waals surface area contributed by atoms with E-state index >= 15 is 0 Å². The molecule has 0 amide bonds. The van der Waals surface area contributed by atoms with Gasteiger partial charge in [0.15, 0.2) is 0 Å². The van der Waals surface area contributed by atoms with Gasteiger partial charge in [0.25, 0.3) is 0 Å². The molecule has 2 aromatic rings. The van der Waals surface area contributed by atoms with Crippen LogP contribution in [0.15, 0.2) is 47.5 Å². The molecule has 0 saturated carbocycles. The first-order chi connectivity index (χ1) is 25.5. The third-order valence-electron chi connectivity index (χ3n) is 11.3. The zero-order valence-electron chi connectivity index (χ0n) is 35.2. The topological polar surface area (TPSA) is 25.3 Å². The van der Waals surface area contributed by atoms with Crippen LogP contribution < -0.4 is 0 Å². The highest BCUT2D eigenvalue weighted by Crippen LogP contribution is 2.45. The van der Waals surface area contributed by atoms with Crippen molar-refractivity contribution in [2.24, 2.45) is 0 Å². The summed E-state index contributed by atoms with van der Waals surface area (Å²) < 4.78 is 1.70. The molecule has 3 rings (SSSR count). The van der Waals surface area contributed by atoms with Gasteiger partial charge in [0.2, 0.25) is 11.4 Å². The van der Waals surface area contributed by atoms with Gasteiger partial charge in [-0.15, -0.1) is 0 Å². The molecule has 0 aliphatic carbocycles. The van der Waals surface area contributed by atoms with E-state index in [9.17, 15) is 5.53 Å². The maximum Gasteiger partial charge on any atom is 0.211 e. The van der Waals surface area contributed by atoms with Gasteiger partial charge in [0.05, 0.1) is 0 Å². The maximum absolute atomic E-state index is 12.7. The van der Waals surface area contributed by atoms with Crippen LogP contribution in [0.25, 0.3) is 16.9 Å². The Kier molecular flexibility index (Phi) is 22.2. The molecule has 52 heavy (non-hydrogen) atoms. The molecule has 0 spiro atoms. The molecular formula is C50H80N2. The first kappa shape index (κ1) is 43.9. The second-order valence-corrected chi connectivity index (χ2v) is 16.2. The molecule has 2 heteroatoms. The van der Waals surface area contributed by atoms with Gasteiger partial charge >= 0.3 is 0 Å². The lowest BCUT2D eigenvalue weighted by Crippen LogP contribution is -2.05. The van der Waals surface area contributed by atoms with E-state index < -0.39 is 0 Å². The van der Waals surface area contributed by atoms with Crippen molar-refractivity contribution in [2.75, 3.05) is 0 Å². The Hall–Kier alpha value is -2.48. The molecule has 1 aliphatic rings. The third kappa shape index (κ3) is 14.7. The summed E-state index contributed by atoms with van der Waals surface area (Å²) in [5.41, 5.74) is 26.0. The average molecular weight is 709 g/mol. The van der Waals surface area contributed by atoms with Crippen molar-refractivity contribution in [3.05, 3.63) is 86.5 Å². The van der Waals surface area contributed by atoms with Gasteiger partial charge in [-0.3, -0.25) is 0 Å². The number of unbranched alkanes of at least 4 members (excludes halogenated alkanes) is 16. The van der Waals surface area contributed by atoms with Crippen molar-refractivity contribution in [2.45, 2.75) is 221 Å². The van der Waals surface area contributed by atoms with Crippen molar-refractivity contribution in [1.29, 1.82) is 0 Å². The minimum absolute atomic E-state index is 1.05. The summed E-state index contributed by atoms with van der Waals surface area (Å²) in [5.74, 6) is 0. The smallest absolute Gasteiger partial charge is 0.211 e. The molecule has 0 N–H and O–H groups in total. The molecule has 0 bridgehead atoms. The van der Waals surface area contributed by atoms with E-state index in [0.717, 1.165) is 49.9 Å². The number of hydrogen-bond acceptors (Lipinski definition) is 0. The molecule has 0 unspecified atom stereocenters. The molecule has 1 aliphatic heterocycles. The van der Waals surface area contributed by atoms with E-state index in [1.165, 1.54) is 186 Å². The Morgan fingerprint density at radius 1 is 0.327 bits per heavy atom. The lowest BCUT2D eigenvalue weighted by molar-refractivity contribution is -0.345. The molecule has 2 aromatic carbocycles. The number of allylic oxidation sites excluding steroid dienone is 2. The Morgan fingerprint density at radius 2 is 0.596 bits per heavy atom. The first-order valence-electron chi connectivity index (χ1n) is 22.7. The highest BCUT2D eigenvalue weighted by Gasteiger charge is 2.36. The van der Waals surface area contributed by atoms with Gasteiger partial charge in [-0.2, -0.15) is 0 Å². The van der Waals surface area contributed by atoms with Gasteiger partial charge in [0, 0.05) is 22.3 Å². The Morgan fingerprint density at radius 3 is 0.942 bits per heavy atom. The summed E-state index contributed by atoms with van der Waals surface area (Å²) in [7, 11) is 0. The highest BCUT2D eigenvalue weighted by molar-refractivity contribution is 5.82. The van der Waals surface area contributed by atoms with Crippen LogP contribution >= 0.6 is 0 Å². The van der Waals surface area contributed by atoms with Crippen LogP contribution in [0.1, 0.15) is 229 Å². The van der Waals surface area contributed by atoms with Crippen LogP contribution in [0, 0.1) is 0 Å². The molecule has 290 valence electrons.